The van der Waals surface area contributed by atoms with Gasteiger partial charge in [-0.05, 0) is 32.9 Å². The highest BCUT2D eigenvalue weighted by Gasteiger charge is 2.22. The molecule has 8 nitrogen and oxygen atoms in total. The van der Waals surface area contributed by atoms with Crippen molar-refractivity contribution < 1.29 is 18.4 Å². The van der Waals surface area contributed by atoms with Gasteiger partial charge in [-0.3, -0.25) is 10.1 Å². The highest BCUT2D eigenvalue weighted by atomic mass is 32.2. The molecule has 3 N–H and O–H groups in total. The fourth-order valence-electron chi connectivity index (χ4n) is 1.64. The minimum absolute atomic E-state index is 0.157. The molecule has 0 heterocycles. The second-order valence-corrected chi connectivity index (χ2v) is 6.65. The number of nitrogens with one attached hydrogen (secondary N) is 2. The van der Waals surface area contributed by atoms with E-state index < -0.39 is 14.9 Å². The summed E-state index contributed by atoms with van der Waals surface area (Å²) in [6, 6.07) is 2.89. The Kier molecular flexibility index (Phi) is 5.64. The van der Waals surface area contributed by atoms with Crippen LogP contribution in [0.2, 0.25) is 0 Å². The first-order valence-corrected chi connectivity index (χ1v) is 7.84. The van der Waals surface area contributed by atoms with E-state index in [0.29, 0.717) is 0 Å². The van der Waals surface area contributed by atoms with Gasteiger partial charge in [0.2, 0.25) is 10.0 Å². The fraction of sp³-hybridized carbons (Fsp3) is 0.500. The number of nitro groups is 1. The van der Waals surface area contributed by atoms with E-state index in [-0.39, 0.29) is 35.0 Å². The number of hydrogen-bond donors (Lipinski definition) is 3. The molecule has 0 aromatic heterocycles. The zero-order chi connectivity index (χ0) is 16.2. The molecule has 9 heteroatoms. The average Bonchev–Trinajstić information content (AvgIpc) is 2.36. The molecule has 0 amide bonds. The maximum absolute atomic E-state index is 12.0. The first-order chi connectivity index (χ1) is 9.67. The quantitative estimate of drug-likeness (QED) is 0.511. The van der Waals surface area contributed by atoms with E-state index in [4.69, 9.17) is 5.11 Å². The summed E-state index contributed by atoms with van der Waals surface area (Å²) in [5, 5.41) is 22.8. The third-order valence-electron chi connectivity index (χ3n) is 2.54. The SMILES string of the molecule is CC(C)NS(=O)(=O)c1ccc(N[C@@H](C)CO)c([N+](=O)[O-])c1. The van der Waals surface area contributed by atoms with Gasteiger partial charge in [0, 0.05) is 18.2 Å². The van der Waals surface area contributed by atoms with Crippen molar-refractivity contribution in [1.82, 2.24) is 4.72 Å². The van der Waals surface area contributed by atoms with Crippen molar-refractivity contribution >= 4 is 21.4 Å². The second kappa shape index (κ2) is 6.83. The topological polar surface area (TPSA) is 122 Å². The third-order valence-corrected chi connectivity index (χ3v) is 4.20. The van der Waals surface area contributed by atoms with Crippen LogP contribution in [0.5, 0.6) is 0 Å². The van der Waals surface area contributed by atoms with E-state index in [2.05, 4.69) is 10.0 Å². The maximum Gasteiger partial charge on any atom is 0.293 e. The highest BCUT2D eigenvalue weighted by Crippen LogP contribution is 2.28. The van der Waals surface area contributed by atoms with Crippen molar-refractivity contribution in [2.75, 3.05) is 11.9 Å². The lowest BCUT2D eigenvalue weighted by Gasteiger charge is -2.14. The predicted molar refractivity (Wildman–Crippen MR) is 78.7 cm³/mol. The van der Waals surface area contributed by atoms with Crippen molar-refractivity contribution in [3.63, 3.8) is 0 Å². The summed E-state index contributed by atoms with van der Waals surface area (Å²) in [4.78, 5) is 10.2. The van der Waals surface area contributed by atoms with Gasteiger partial charge in [0.25, 0.3) is 5.69 Å². The lowest BCUT2D eigenvalue weighted by molar-refractivity contribution is -0.384. The van der Waals surface area contributed by atoms with E-state index in [1.165, 1.54) is 12.1 Å². The molecule has 0 spiro atoms. The second-order valence-electron chi connectivity index (χ2n) is 4.94. The van der Waals surface area contributed by atoms with Crippen LogP contribution in [0.25, 0.3) is 0 Å². The lowest BCUT2D eigenvalue weighted by atomic mass is 10.2. The molecule has 118 valence electrons. The highest BCUT2D eigenvalue weighted by molar-refractivity contribution is 7.89. The van der Waals surface area contributed by atoms with Crippen LogP contribution in [0, 0.1) is 10.1 Å². The monoisotopic (exact) mass is 317 g/mol. The molecule has 0 radical (unpaired) electrons. The van der Waals surface area contributed by atoms with Crippen molar-refractivity contribution in [2.24, 2.45) is 0 Å². The number of nitrogens with zero attached hydrogens (tertiary/aromatic N) is 1. The summed E-state index contributed by atoms with van der Waals surface area (Å²) in [6.07, 6.45) is 0. The van der Waals surface area contributed by atoms with Crippen LogP contribution in [0.4, 0.5) is 11.4 Å². The summed E-state index contributed by atoms with van der Waals surface area (Å²) in [7, 11) is -3.80. The van der Waals surface area contributed by atoms with Crippen LogP contribution in [-0.2, 0) is 10.0 Å². The standard InChI is InChI=1S/C12H19N3O5S/c1-8(2)14-21(19,20)10-4-5-11(13-9(3)7-16)12(6-10)15(17)18/h4-6,8-9,13-14,16H,7H2,1-3H3/t9-/m0/s1. The van der Waals surface area contributed by atoms with Gasteiger partial charge in [0.15, 0.2) is 0 Å². The van der Waals surface area contributed by atoms with Gasteiger partial charge in [0.05, 0.1) is 16.4 Å². The summed E-state index contributed by atoms with van der Waals surface area (Å²) in [5.74, 6) is 0. The molecular formula is C12H19N3O5S. The number of anilines is 1. The normalized spacial score (nSPS) is 13.2. The zero-order valence-corrected chi connectivity index (χ0v) is 12.8. The largest absolute Gasteiger partial charge is 0.394 e. The minimum atomic E-state index is -3.80. The molecule has 21 heavy (non-hydrogen) atoms. The molecule has 1 aromatic rings. The van der Waals surface area contributed by atoms with Crippen LogP contribution in [-0.4, -0.2) is 37.1 Å². The molecule has 0 unspecified atom stereocenters. The van der Waals surface area contributed by atoms with E-state index >= 15 is 0 Å². The summed E-state index contributed by atoms with van der Waals surface area (Å²) < 4.78 is 26.4. The van der Waals surface area contributed by atoms with Crippen molar-refractivity contribution in [1.29, 1.82) is 0 Å². The van der Waals surface area contributed by atoms with Crippen LogP contribution in [0.3, 0.4) is 0 Å². The number of aliphatic hydroxyl groups excluding tert-OH is 1. The van der Waals surface area contributed by atoms with Crippen LogP contribution >= 0.6 is 0 Å². The molecule has 0 aliphatic carbocycles. The number of hydrogen-bond acceptors (Lipinski definition) is 6. The van der Waals surface area contributed by atoms with Crippen LogP contribution in [0.1, 0.15) is 20.8 Å². The molecule has 0 saturated carbocycles. The molecule has 1 atom stereocenters. The predicted octanol–water partition coefficient (Wildman–Crippen LogP) is 1.07. The molecular weight excluding hydrogens is 298 g/mol. The van der Waals surface area contributed by atoms with Crippen molar-refractivity contribution in [2.45, 2.75) is 37.8 Å². The Balaban J connectivity index is 3.23. The number of nitro benzene ring substituents is 1. The fourth-order valence-corrected chi connectivity index (χ4v) is 2.91. The van der Waals surface area contributed by atoms with Gasteiger partial charge < -0.3 is 10.4 Å². The lowest BCUT2D eigenvalue weighted by Crippen LogP contribution is -2.30. The maximum atomic E-state index is 12.0. The Bertz CT molecular complexity index is 615. The Morgan fingerprint density at radius 3 is 2.43 bits per heavy atom. The van der Waals surface area contributed by atoms with Crippen molar-refractivity contribution in [3.05, 3.63) is 28.3 Å². The smallest absolute Gasteiger partial charge is 0.293 e. The van der Waals surface area contributed by atoms with E-state index in [1.807, 2.05) is 0 Å². The van der Waals surface area contributed by atoms with E-state index in [9.17, 15) is 18.5 Å². The van der Waals surface area contributed by atoms with E-state index in [1.54, 1.807) is 20.8 Å². The summed E-state index contributed by atoms with van der Waals surface area (Å²) in [5.41, 5.74) is -0.202. The minimum Gasteiger partial charge on any atom is -0.394 e. The Morgan fingerprint density at radius 1 is 1.33 bits per heavy atom. The molecule has 0 saturated heterocycles. The Morgan fingerprint density at radius 2 is 1.95 bits per heavy atom. The summed E-state index contributed by atoms with van der Waals surface area (Å²) in [6.45, 7) is 4.76. The Labute approximate surface area is 123 Å². The van der Waals surface area contributed by atoms with Crippen LogP contribution < -0.4 is 10.0 Å². The van der Waals surface area contributed by atoms with Gasteiger partial charge in [-0.2, -0.15) is 0 Å². The van der Waals surface area contributed by atoms with Crippen LogP contribution in [0.15, 0.2) is 23.1 Å². The van der Waals surface area contributed by atoms with Gasteiger partial charge in [-0.15, -0.1) is 0 Å². The van der Waals surface area contributed by atoms with Crippen molar-refractivity contribution in [3.8, 4) is 0 Å². The molecule has 0 aliphatic rings. The first-order valence-electron chi connectivity index (χ1n) is 6.35. The number of aliphatic hydroxyl groups is 1. The van der Waals surface area contributed by atoms with E-state index in [0.717, 1.165) is 6.07 Å². The molecule has 0 bridgehead atoms. The molecule has 1 aromatic carbocycles. The third kappa shape index (κ3) is 4.66. The molecule has 1 rings (SSSR count). The zero-order valence-electron chi connectivity index (χ0n) is 12.0. The van der Waals surface area contributed by atoms with Gasteiger partial charge in [-0.25, -0.2) is 13.1 Å². The summed E-state index contributed by atoms with van der Waals surface area (Å²) >= 11 is 0. The first kappa shape index (κ1) is 17.3. The van der Waals surface area contributed by atoms with Gasteiger partial charge in [-0.1, -0.05) is 0 Å². The van der Waals surface area contributed by atoms with Gasteiger partial charge >= 0.3 is 0 Å². The number of benzene rings is 1. The number of rotatable bonds is 7. The molecule has 0 fully saturated rings. The molecule has 0 aliphatic heterocycles. The van der Waals surface area contributed by atoms with Gasteiger partial charge in [0.1, 0.15) is 5.69 Å². The Hall–Kier alpha value is -1.71. The number of sulfonamides is 1. The average molecular weight is 317 g/mol.